The molecule has 1 atom stereocenters. The van der Waals surface area contributed by atoms with Gasteiger partial charge in [0.1, 0.15) is 6.08 Å². The highest BCUT2D eigenvalue weighted by Crippen LogP contribution is 1.91. The molecule has 0 amide bonds. The van der Waals surface area contributed by atoms with Gasteiger partial charge in [0.05, 0.1) is 7.98 Å². The summed E-state index contributed by atoms with van der Waals surface area (Å²) in [6.07, 6.45) is -0.414. The highest BCUT2D eigenvalue weighted by atomic mass is 16.5. The van der Waals surface area contributed by atoms with E-state index >= 15 is 0 Å². The lowest BCUT2D eigenvalue weighted by molar-refractivity contribution is -0.152. The molecule has 0 aliphatic rings. The predicted octanol–water partition coefficient (Wildman–Crippen LogP) is 0.710. The first-order chi connectivity index (χ1) is 4.98. The highest BCUT2D eigenvalue weighted by molar-refractivity contribution is 5.73. The number of carbonyl (C=O) groups is 1. The second-order valence-corrected chi connectivity index (χ2v) is 2.07. The summed E-state index contributed by atoms with van der Waals surface area (Å²) in [5.41, 5.74) is 0. The van der Waals surface area contributed by atoms with Gasteiger partial charge in [-0.2, -0.15) is 0 Å². The van der Waals surface area contributed by atoms with Crippen molar-refractivity contribution in [2.45, 2.75) is 32.8 Å². The number of aliphatic hydroxyl groups is 1. The first kappa shape index (κ1) is 7.54. The molecule has 0 rings (SSSR count). The number of carbonyl (C=O) groups excluding carboxylic acids is 1. The molecule has 0 aromatic carbocycles. The molecule has 3 nitrogen and oxygen atoms in total. The van der Waals surface area contributed by atoms with Gasteiger partial charge in [-0.1, -0.05) is 13.3 Å². The number of ether oxygens (including phenoxy) is 1. The zero-order valence-electron chi connectivity index (χ0n) is 7.39. The van der Waals surface area contributed by atoms with Crippen LogP contribution in [0.1, 0.15) is 28.1 Å². The van der Waals surface area contributed by atoms with Crippen LogP contribution in [0.5, 0.6) is 0 Å². The van der Waals surface area contributed by atoms with Crippen LogP contribution in [0.2, 0.25) is 0 Å². The van der Waals surface area contributed by atoms with Gasteiger partial charge in [0.25, 0.3) is 0 Å². The fourth-order valence-electron chi connectivity index (χ4n) is 0.414. The summed E-state index contributed by atoms with van der Waals surface area (Å²) in [7, 11) is 0. The van der Waals surface area contributed by atoms with E-state index in [-0.39, 0.29) is 6.61 Å². The van der Waals surface area contributed by atoms with Crippen LogP contribution in [0.25, 0.3) is 0 Å². The van der Waals surface area contributed by atoms with E-state index in [1.807, 2.05) is 6.92 Å². The number of esters is 1. The Balaban J connectivity index is 3.54. The molecule has 1 unspecified atom stereocenters. The third-order valence-corrected chi connectivity index (χ3v) is 1.03. The Hall–Kier alpha value is -0.570. The molecule has 0 bridgehead atoms. The monoisotopic (exact) mass is 147 g/mol. The second-order valence-electron chi connectivity index (χ2n) is 2.07. The van der Waals surface area contributed by atoms with E-state index in [0.29, 0.717) is 0 Å². The number of hydrogen-bond acceptors (Lipinski definition) is 3. The van der Waals surface area contributed by atoms with E-state index in [9.17, 15) is 4.79 Å². The van der Waals surface area contributed by atoms with Gasteiger partial charge in [-0.25, -0.2) is 4.79 Å². The Morgan fingerprint density at radius 2 is 2.50 bits per heavy atom. The lowest BCUT2D eigenvalue weighted by atomic mass is 10.3. The molecule has 0 saturated carbocycles. The summed E-state index contributed by atoms with van der Waals surface area (Å²) in [5, 5.41) is 8.78. The predicted molar refractivity (Wildman–Crippen MR) is 37.5 cm³/mol. The number of unbranched alkanes of at least 4 members (excludes halogenated alkanes) is 1. The Labute approximate surface area is 62.4 Å². The van der Waals surface area contributed by atoms with Crippen LogP contribution >= 0.6 is 0 Å². The minimum Gasteiger partial charge on any atom is -0.464 e. The standard InChI is InChI=1S/C7H14O3/c1-3-4-5-10-7(9)6(2)8/h6,8H,3-5H2,1-2H3/i6D. The minimum atomic E-state index is -2.10. The summed E-state index contributed by atoms with van der Waals surface area (Å²) in [6.45, 7) is 3.33. The van der Waals surface area contributed by atoms with Gasteiger partial charge in [-0.15, -0.1) is 0 Å². The smallest absolute Gasteiger partial charge is 0.334 e. The van der Waals surface area contributed by atoms with Gasteiger partial charge in [0, 0.05) is 0 Å². The van der Waals surface area contributed by atoms with E-state index in [1.54, 1.807) is 0 Å². The fraction of sp³-hybridized carbons (Fsp3) is 0.857. The van der Waals surface area contributed by atoms with Crippen molar-refractivity contribution >= 4 is 5.97 Å². The first-order valence-corrected chi connectivity index (χ1v) is 3.38. The van der Waals surface area contributed by atoms with Crippen LogP contribution in [0.15, 0.2) is 0 Å². The van der Waals surface area contributed by atoms with Gasteiger partial charge in [-0.05, 0) is 13.3 Å². The molecule has 0 aromatic rings. The van der Waals surface area contributed by atoms with Crippen molar-refractivity contribution < 1.29 is 16.0 Å². The van der Waals surface area contributed by atoms with E-state index in [0.717, 1.165) is 19.8 Å². The number of rotatable bonds is 4. The molecule has 0 fully saturated rings. The fourth-order valence-corrected chi connectivity index (χ4v) is 0.414. The Morgan fingerprint density at radius 1 is 1.90 bits per heavy atom. The molecule has 60 valence electrons. The molecule has 3 heteroatoms. The zero-order chi connectivity index (χ0) is 8.91. The van der Waals surface area contributed by atoms with Crippen molar-refractivity contribution in [3.8, 4) is 0 Å². The molecule has 10 heavy (non-hydrogen) atoms. The summed E-state index contributed by atoms with van der Waals surface area (Å²) in [4.78, 5) is 10.7. The third-order valence-electron chi connectivity index (χ3n) is 1.03. The molecule has 0 saturated heterocycles. The topological polar surface area (TPSA) is 46.5 Å². The van der Waals surface area contributed by atoms with Crippen molar-refractivity contribution in [3.63, 3.8) is 0 Å². The molecule has 1 N–H and O–H groups in total. The van der Waals surface area contributed by atoms with Gasteiger partial charge >= 0.3 is 5.97 Å². The third kappa shape index (κ3) is 4.32. The van der Waals surface area contributed by atoms with Crippen molar-refractivity contribution in [2.75, 3.05) is 6.61 Å². The van der Waals surface area contributed by atoms with E-state index in [2.05, 4.69) is 4.74 Å². The number of hydrogen-bond donors (Lipinski definition) is 1. The highest BCUT2D eigenvalue weighted by Gasteiger charge is 2.08. The van der Waals surface area contributed by atoms with Gasteiger partial charge in [-0.3, -0.25) is 0 Å². The molecule has 0 heterocycles. The summed E-state index contributed by atoms with van der Waals surface area (Å²) >= 11 is 0. The summed E-state index contributed by atoms with van der Waals surface area (Å²) in [5.74, 6) is -0.883. The summed E-state index contributed by atoms with van der Waals surface area (Å²) in [6, 6.07) is 0. The van der Waals surface area contributed by atoms with Crippen molar-refractivity contribution in [2.24, 2.45) is 0 Å². The lowest BCUT2D eigenvalue weighted by Gasteiger charge is -2.04. The average molecular weight is 147 g/mol. The van der Waals surface area contributed by atoms with Crippen LogP contribution in [0, 0.1) is 0 Å². The van der Waals surface area contributed by atoms with E-state index in [1.165, 1.54) is 0 Å². The normalized spacial score (nSPS) is 17.3. The maximum atomic E-state index is 10.7. The Bertz CT molecular complexity index is 128. The Morgan fingerprint density at radius 3 is 2.90 bits per heavy atom. The molecule has 0 aliphatic heterocycles. The molecule has 0 radical (unpaired) electrons. The van der Waals surface area contributed by atoms with Crippen LogP contribution < -0.4 is 0 Å². The van der Waals surface area contributed by atoms with Crippen molar-refractivity contribution in [1.82, 2.24) is 0 Å². The SMILES string of the molecule is [2H]C(C)(O)C(=O)OCCCC. The van der Waals surface area contributed by atoms with Crippen LogP contribution in [-0.4, -0.2) is 23.8 Å². The van der Waals surface area contributed by atoms with Crippen molar-refractivity contribution in [3.05, 3.63) is 0 Å². The molecular weight excluding hydrogens is 132 g/mol. The van der Waals surface area contributed by atoms with Crippen LogP contribution in [0.3, 0.4) is 0 Å². The maximum Gasteiger partial charge on any atom is 0.334 e. The van der Waals surface area contributed by atoms with E-state index < -0.39 is 12.0 Å². The minimum absolute atomic E-state index is 0.282. The Kier molecular flexibility index (Phi) is 3.94. The van der Waals surface area contributed by atoms with Crippen LogP contribution in [-0.2, 0) is 9.53 Å². The lowest BCUT2D eigenvalue weighted by Crippen LogP contribution is -2.19. The zero-order valence-corrected chi connectivity index (χ0v) is 6.39. The maximum absolute atomic E-state index is 10.7. The first-order valence-electron chi connectivity index (χ1n) is 3.88. The molecule has 0 aromatic heterocycles. The van der Waals surface area contributed by atoms with E-state index in [4.69, 9.17) is 6.48 Å². The van der Waals surface area contributed by atoms with Gasteiger partial charge < -0.3 is 9.84 Å². The largest absolute Gasteiger partial charge is 0.464 e. The average Bonchev–Trinajstić information content (AvgIpc) is 1.86. The molecule has 0 spiro atoms. The molecule has 0 aliphatic carbocycles. The quantitative estimate of drug-likeness (QED) is 0.470. The van der Waals surface area contributed by atoms with Crippen molar-refractivity contribution in [1.29, 1.82) is 0 Å². The second kappa shape index (κ2) is 5.23. The van der Waals surface area contributed by atoms with Crippen LogP contribution in [0.4, 0.5) is 0 Å². The van der Waals surface area contributed by atoms with Gasteiger partial charge in [0.2, 0.25) is 0 Å². The van der Waals surface area contributed by atoms with Gasteiger partial charge in [0.15, 0.2) is 0 Å². The summed E-state index contributed by atoms with van der Waals surface area (Å²) < 4.78 is 11.4. The molecular formula is C7H14O3.